The van der Waals surface area contributed by atoms with E-state index < -0.39 is 0 Å². The van der Waals surface area contributed by atoms with E-state index in [-0.39, 0.29) is 0 Å². The largest absolute Gasteiger partial charge is 0.375 e. The Kier molecular flexibility index (Phi) is 2.78. The summed E-state index contributed by atoms with van der Waals surface area (Å²) < 4.78 is 6.31. The zero-order valence-electron chi connectivity index (χ0n) is 10.9. The molecule has 3 aliphatic rings. The highest BCUT2D eigenvalue weighted by molar-refractivity contribution is 4.96. The molecular weight excluding hydrogens is 196 g/mol. The van der Waals surface area contributed by atoms with Crippen LogP contribution in [0.1, 0.15) is 58.8 Å². The van der Waals surface area contributed by atoms with E-state index in [9.17, 15) is 0 Å². The van der Waals surface area contributed by atoms with Crippen molar-refractivity contribution in [3.05, 3.63) is 0 Å². The molecule has 1 heteroatoms. The van der Waals surface area contributed by atoms with Crippen LogP contribution in [0.5, 0.6) is 0 Å². The maximum Gasteiger partial charge on any atom is 0.0683 e. The summed E-state index contributed by atoms with van der Waals surface area (Å²) >= 11 is 0. The lowest BCUT2D eigenvalue weighted by molar-refractivity contribution is -0.0844. The van der Waals surface area contributed by atoms with Crippen molar-refractivity contribution in [2.24, 2.45) is 23.7 Å². The molecule has 0 N–H and O–H groups in total. The summed E-state index contributed by atoms with van der Waals surface area (Å²) in [6.07, 6.45) is 9.78. The van der Waals surface area contributed by atoms with Crippen LogP contribution in [0.15, 0.2) is 0 Å². The Labute approximate surface area is 99.9 Å². The molecule has 0 amide bonds. The number of ether oxygens (including phenoxy) is 1. The SMILES string of the molecule is CC(C)C1CCC2(CC1)CC[C@H]1C[C@@H]1CO2. The van der Waals surface area contributed by atoms with Crippen molar-refractivity contribution in [2.75, 3.05) is 6.61 Å². The summed E-state index contributed by atoms with van der Waals surface area (Å²) in [7, 11) is 0. The molecule has 1 saturated heterocycles. The second-order valence-corrected chi connectivity index (χ2v) is 6.87. The van der Waals surface area contributed by atoms with Gasteiger partial charge in [0.15, 0.2) is 0 Å². The van der Waals surface area contributed by atoms with E-state index in [0.717, 1.165) is 30.3 Å². The molecule has 0 radical (unpaired) electrons. The molecule has 1 heterocycles. The Morgan fingerprint density at radius 1 is 1.00 bits per heavy atom. The van der Waals surface area contributed by atoms with Gasteiger partial charge in [0.2, 0.25) is 0 Å². The Morgan fingerprint density at radius 2 is 1.69 bits per heavy atom. The highest BCUT2D eigenvalue weighted by Gasteiger charge is 2.46. The molecule has 2 aliphatic carbocycles. The fourth-order valence-corrected chi connectivity index (χ4v) is 3.90. The van der Waals surface area contributed by atoms with Gasteiger partial charge in [0.25, 0.3) is 0 Å². The maximum atomic E-state index is 6.31. The van der Waals surface area contributed by atoms with Crippen LogP contribution in [0.3, 0.4) is 0 Å². The van der Waals surface area contributed by atoms with Crippen molar-refractivity contribution in [3.8, 4) is 0 Å². The monoisotopic (exact) mass is 222 g/mol. The molecule has 1 spiro atoms. The van der Waals surface area contributed by atoms with Crippen LogP contribution >= 0.6 is 0 Å². The van der Waals surface area contributed by atoms with E-state index >= 15 is 0 Å². The molecule has 92 valence electrons. The smallest absolute Gasteiger partial charge is 0.0683 e. The summed E-state index contributed by atoms with van der Waals surface area (Å²) in [5.74, 6) is 3.83. The molecule has 0 aromatic carbocycles. The first kappa shape index (κ1) is 11.1. The van der Waals surface area contributed by atoms with Crippen molar-refractivity contribution in [1.29, 1.82) is 0 Å². The van der Waals surface area contributed by atoms with Crippen LogP contribution in [-0.4, -0.2) is 12.2 Å². The fraction of sp³-hybridized carbons (Fsp3) is 1.00. The minimum Gasteiger partial charge on any atom is -0.375 e. The minimum atomic E-state index is 0.318. The van der Waals surface area contributed by atoms with Crippen molar-refractivity contribution >= 4 is 0 Å². The van der Waals surface area contributed by atoms with Gasteiger partial charge in [0.1, 0.15) is 0 Å². The predicted octanol–water partition coefficient (Wildman–Crippen LogP) is 4.02. The van der Waals surface area contributed by atoms with Crippen molar-refractivity contribution < 1.29 is 4.74 Å². The number of rotatable bonds is 1. The maximum absolute atomic E-state index is 6.31. The lowest BCUT2D eigenvalue weighted by Crippen LogP contribution is -2.38. The Balaban J connectivity index is 1.58. The molecule has 3 fully saturated rings. The molecule has 16 heavy (non-hydrogen) atoms. The molecule has 2 saturated carbocycles. The molecule has 0 aromatic rings. The van der Waals surface area contributed by atoms with Crippen LogP contribution in [0.25, 0.3) is 0 Å². The van der Waals surface area contributed by atoms with E-state index in [1.54, 1.807) is 0 Å². The van der Waals surface area contributed by atoms with Crippen molar-refractivity contribution in [3.63, 3.8) is 0 Å². The van der Waals surface area contributed by atoms with Crippen LogP contribution in [-0.2, 0) is 4.74 Å². The summed E-state index contributed by atoms with van der Waals surface area (Å²) in [4.78, 5) is 0. The van der Waals surface area contributed by atoms with Gasteiger partial charge < -0.3 is 4.74 Å². The molecule has 1 aliphatic heterocycles. The normalized spacial score (nSPS) is 47.8. The Hall–Kier alpha value is -0.0400. The molecule has 1 nitrogen and oxygen atoms in total. The van der Waals surface area contributed by atoms with E-state index in [1.807, 2.05) is 0 Å². The lowest BCUT2D eigenvalue weighted by atomic mass is 9.73. The lowest BCUT2D eigenvalue weighted by Gasteiger charge is -2.41. The zero-order chi connectivity index (χ0) is 11.2. The first-order valence-electron chi connectivity index (χ1n) is 7.32. The van der Waals surface area contributed by atoms with Gasteiger partial charge in [-0.3, -0.25) is 0 Å². The third-order valence-electron chi connectivity index (χ3n) is 5.53. The third-order valence-corrected chi connectivity index (χ3v) is 5.53. The summed E-state index contributed by atoms with van der Waals surface area (Å²) in [6, 6.07) is 0. The van der Waals surface area contributed by atoms with Gasteiger partial charge in [-0.15, -0.1) is 0 Å². The van der Waals surface area contributed by atoms with E-state index in [1.165, 1.54) is 44.9 Å². The fourth-order valence-electron chi connectivity index (χ4n) is 3.90. The van der Waals surface area contributed by atoms with Gasteiger partial charge in [-0.1, -0.05) is 13.8 Å². The van der Waals surface area contributed by atoms with Gasteiger partial charge in [-0.05, 0) is 68.6 Å². The van der Waals surface area contributed by atoms with Crippen molar-refractivity contribution in [1.82, 2.24) is 0 Å². The van der Waals surface area contributed by atoms with E-state index in [2.05, 4.69) is 13.8 Å². The van der Waals surface area contributed by atoms with Gasteiger partial charge in [0, 0.05) is 0 Å². The predicted molar refractivity (Wildman–Crippen MR) is 66.3 cm³/mol. The summed E-state index contributed by atoms with van der Waals surface area (Å²) in [6.45, 7) is 5.84. The van der Waals surface area contributed by atoms with Gasteiger partial charge >= 0.3 is 0 Å². The second-order valence-electron chi connectivity index (χ2n) is 6.87. The van der Waals surface area contributed by atoms with Gasteiger partial charge in [0.05, 0.1) is 12.2 Å². The molecule has 2 atom stereocenters. The number of hydrogen-bond donors (Lipinski definition) is 0. The first-order chi connectivity index (χ1) is 7.69. The van der Waals surface area contributed by atoms with Gasteiger partial charge in [-0.2, -0.15) is 0 Å². The molecule has 3 rings (SSSR count). The van der Waals surface area contributed by atoms with Crippen LogP contribution in [0.2, 0.25) is 0 Å². The molecule has 0 aromatic heterocycles. The zero-order valence-corrected chi connectivity index (χ0v) is 10.9. The minimum absolute atomic E-state index is 0.318. The quantitative estimate of drug-likeness (QED) is 0.651. The van der Waals surface area contributed by atoms with E-state index in [0.29, 0.717) is 5.60 Å². The average molecular weight is 222 g/mol. The first-order valence-corrected chi connectivity index (χ1v) is 7.32. The topological polar surface area (TPSA) is 9.23 Å². The molecular formula is C15H26O. The highest BCUT2D eigenvalue weighted by Crippen LogP contribution is 2.50. The van der Waals surface area contributed by atoms with Crippen LogP contribution in [0.4, 0.5) is 0 Å². The number of hydrogen-bond acceptors (Lipinski definition) is 1. The van der Waals surface area contributed by atoms with Crippen LogP contribution in [0, 0.1) is 23.7 Å². The summed E-state index contributed by atoms with van der Waals surface area (Å²) in [5.41, 5.74) is 0.318. The highest BCUT2D eigenvalue weighted by atomic mass is 16.5. The van der Waals surface area contributed by atoms with Crippen molar-refractivity contribution in [2.45, 2.75) is 64.4 Å². The standard InChI is InChI=1S/C15H26O/c1-11(2)12-3-6-15(7-4-12)8-5-13-9-14(13)10-16-15/h11-14H,3-10H2,1-2H3/t12?,13-,14+,15?/m0/s1. The second kappa shape index (κ2) is 4.01. The molecule has 0 bridgehead atoms. The average Bonchev–Trinajstić information content (AvgIpc) is 3.03. The van der Waals surface area contributed by atoms with E-state index in [4.69, 9.17) is 4.74 Å². The van der Waals surface area contributed by atoms with Gasteiger partial charge in [-0.25, -0.2) is 0 Å². The third kappa shape index (κ3) is 2.03. The van der Waals surface area contributed by atoms with Crippen LogP contribution < -0.4 is 0 Å². The molecule has 0 unspecified atom stereocenters. The summed E-state index contributed by atoms with van der Waals surface area (Å²) in [5, 5.41) is 0. The Morgan fingerprint density at radius 3 is 2.38 bits per heavy atom. The number of fused-ring (bicyclic) bond motifs is 1. The Bertz CT molecular complexity index is 236.